The largest absolute Gasteiger partial charge is 0.508 e. The normalized spacial score (nSPS) is 10.3. The van der Waals surface area contributed by atoms with E-state index in [0.29, 0.717) is 5.56 Å². The number of carbonyl (C=O) groups excluding carboxylic acids is 1. The summed E-state index contributed by atoms with van der Waals surface area (Å²) in [6.45, 7) is 2.16. The maximum absolute atomic E-state index is 11.3. The van der Waals surface area contributed by atoms with Crippen LogP contribution in [0.5, 0.6) is 5.75 Å². The van der Waals surface area contributed by atoms with Crippen molar-refractivity contribution in [3.05, 3.63) is 29.3 Å². The Morgan fingerprint density at radius 3 is 2.78 bits per heavy atom. The Morgan fingerprint density at radius 1 is 1.33 bits per heavy atom. The maximum Gasteiger partial charge on any atom is 0.346 e. The number of aromatic hydroxyl groups is 1. The summed E-state index contributed by atoms with van der Waals surface area (Å²) in [7, 11) is 1.28. The Hall–Kier alpha value is -1.55. The van der Waals surface area contributed by atoms with Crippen LogP contribution in [0.3, 0.4) is 0 Å². The number of hydrogen-bond acceptors (Lipinski definition) is 4. The zero-order chi connectivity index (χ0) is 13.4. The lowest BCUT2D eigenvalue weighted by atomic mass is 10.0. The molecule has 0 spiro atoms. The van der Waals surface area contributed by atoms with Gasteiger partial charge in [-0.3, -0.25) is 4.89 Å². The van der Waals surface area contributed by atoms with Gasteiger partial charge < -0.3 is 5.11 Å². The van der Waals surface area contributed by atoms with E-state index in [1.165, 1.54) is 20.0 Å². The number of unbranched alkanes of at least 4 members (excludes halogenated alkanes) is 2. The highest BCUT2D eigenvalue weighted by Crippen LogP contribution is 2.20. The molecule has 0 aliphatic heterocycles. The highest BCUT2D eigenvalue weighted by Gasteiger charge is 2.10. The van der Waals surface area contributed by atoms with Crippen molar-refractivity contribution in [1.29, 1.82) is 0 Å². The summed E-state index contributed by atoms with van der Waals surface area (Å²) in [5, 5.41) is 9.68. The minimum Gasteiger partial charge on any atom is -0.508 e. The molecular weight excluding hydrogens is 232 g/mol. The second-order valence-corrected chi connectivity index (χ2v) is 4.22. The summed E-state index contributed by atoms with van der Waals surface area (Å²) in [5.41, 5.74) is 1.70. The van der Waals surface area contributed by atoms with Crippen LogP contribution in [0.1, 0.15) is 37.3 Å². The number of carbonyl (C=O) groups is 1. The average molecular weight is 252 g/mol. The van der Waals surface area contributed by atoms with E-state index in [9.17, 15) is 9.90 Å². The van der Waals surface area contributed by atoms with Crippen molar-refractivity contribution in [3.63, 3.8) is 0 Å². The summed E-state index contributed by atoms with van der Waals surface area (Å²) in [6, 6.07) is 5.36. The fourth-order valence-corrected chi connectivity index (χ4v) is 1.79. The van der Waals surface area contributed by atoms with Gasteiger partial charge in [-0.15, -0.1) is 0 Å². The van der Waals surface area contributed by atoms with Gasteiger partial charge in [-0.05, 0) is 24.5 Å². The predicted octanol–water partition coefficient (Wildman–Crippen LogP) is 2.77. The molecule has 0 fully saturated rings. The van der Waals surface area contributed by atoms with Gasteiger partial charge >= 0.3 is 5.97 Å². The number of phenolic OH excluding ortho intramolecular Hbond substituents is 1. The van der Waals surface area contributed by atoms with Crippen LogP contribution in [0.15, 0.2) is 18.2 Å². The van der Waals surface area contributed by atoms with Crippen LogP contribution in [0.4, 0.5) is 0 Å². The Balaban J connectivity index is 2.65. The molecule has 1 aromatic carbocycles. The van der Waals surface area contributed by atoms with Crippen LogP contribution in [0.25, 0.3) is 0 Å². The lowest BCUT2D eigenvalue weighted by molar-refractivity contribution is -0.254. The summed E-state index contributed by atoms with van der Waals surface area (Å²) in [4.78, 5) is 20.0. The molecule has 18 heavy (non-hydrogen) atoms. The van der Waals surface area contributed by atoms with Crippen LogP contribution in [0, 0.1) is 0 Å². The van der Waals surface area contributed by atoms with E-state index in [1.807, 2.05) is 12.1 Å². The summed E-state index contributed by atoms with van der Waals surface area (Å²) in [5.74, 6) is -0.402. The molecule has 1 aromatic rings. The first kappa shape index (κ1) is 14.5. The van der Waals surface area contributed by atoms with E-state index < -0.39 is 5.97 Å². The van der Waals surface area contributed by atoms with Crippen molar-refractivity contribution >= 4 is 5.97 Å². The molecule has 0 aliphatic carbocycles. The van der Waals surface area contributed by atoms with Crippen LogP contribution in [-0.4, -0.2) is 18.2 Å². The molecule has 0 aliphatic rings. The molecule has 1 rings (SSSR count). The van der Waals surface area contributed by atoms with Gasteiger partial charge in [0, 0.05) is 5.56 Å². The standard InChI is InChI=1S/C14H20O4/c1-3-4-5-6-11-7-8-13(15)12(9-11)10-14(16)18-17-2/h7-9,15H,3-6,10H2,1-2H3. The van der Waals surface area contributed by atoms with Crippen molar-refractivity contribution in [3.8, 4) is 5.75 Å². The Kier molecular flexibility index (Phi) is 6.22. The molecule has 0 aromatic heterocycles. The third-order valence-electron chi connectivity index (χ3n) is 2.72. The minimum atomic E-state index is -0.515. The molecule has 0 atom stereocenters. The van der Waals surface area contributed by atoms with Gasteiger partial charge in [-0.25, -0.2) is 4.79 Å². The van der Waals surface area contributed by atoms with Gasteiger partial charge in [-0.1, -0.05) is 31.9 Å². The molecule has 0 amide bonds. The maximum atomic E-state index is 11.3. The topological polar surface area (TPSA) is 55.8 Å². The van der Waals surface area contributed by atoms with Gasteiger partial charge in [0.15, 0.2) is 0 Å². The summed E-state index contributed by atoms with van der Waals surface area (Å²) >= 11 is 0. The van der Waals surface area contributed by atoms with Crippen LogP contribution in [-0.2, 0) is 27.4 Å². The van der Waals surface area contributed by atoms with Crippen molar-refractivity contribution < 1.29 is 19.7 Å². The monoisotopic (exact) mass is 252 g/mol. The third-order valence-corrected chi connectivity index (χ3v) is 2.72. The van der Waals surface area contributed by atoms with E-state index >= 15 is 0 Å². The molecule has 4 nitrogen and oxygen atoms in total. The number of rotatable bonds is 7. The van der Waals surface area contributed by atoms with Gasteiger partial charge in [0.25, 0.3) is 0 Å². The smallest absolute Gasteiger partial charge is 0.346 e. The van der Waals surface area contributed by atoms with E-state index in [-0.39, 0.29) is 12.2 Å². The predicted molar refractivity (Wildman–Crippen MR) is 68.1 cm³/mol. The van der Waals surface area contributed by atoms with Gasteiger partial charge in [0.05, 0.1) is 13.5 Å². The van der Waals surface area contributed by atoms with Gasteiger partial charge in [-0.2, -0.15) is 4.89 Å². The van der Waals surface area contributed by atoms with Gasteiger partial charge in [0.1, 0.15) is 5.75 Å². The molecule has 0 heterocycles. The van der Waals surface area contributed by atoms with E-state index in [0.717, 1.165) is 18.4 Å². The van der Waals surface area contributed by atoms with Gasteiger partial charge in [0.2, 0.25) is 0 Å². The lowest BCUT2D eigenvalue weighted by Crippen LogP contribution is -2.07. The van der Waals surface area contributed by atoms with Crippen LogP contribution in [0.2, 0.25) is 0 Å². The molecule has 100 valence electrons. The van der Waals surface area contributed by atoms with Crippen LogP contribution >= 0.6 is 0 Å². The Labute approximate surface area is 107 Å². The van der Waals surface area contributed by atoms with Crippen LogP contribution < -0.4 is 0 Å². The Morgan fingerprint density at radius 2 is 2.11 bits per heavy atom. The first-order valence-electron chi connectivity index (χ1n) is 6.21. The van der Waals surface area contributed by atoms with Crippen molar-refractivity contribution in [2.45, 2.75) is 39.0 Å². The SMILES string of the molecule is CCCCCc1ccc(O)c(CC(=O)OOC)c1. The summed E-state index contributed by atoms with van der Waals surface area (Å²) in [6.07, 6.45) is 4.44. The molecule has 0 saturated heterocycles. The van der Waals surface area contributed by atoms with Crippen molar-refractivity contribution in [1.82, 2.24) is 0 Å². The van der Waals surface area contributed by atoms with Crippen molar-refractivity contribution in [2.75, 3.05) is 7.11 Å². The highest BCUT2D eigenvalue weighted by molar-refractivity contribution is 5.73. The second kappa shape index (κ2) is 7.71. The molecule has 0 bridgehead atoms. The molecular formula is C14H20O4. The molecule has 0 radical (unpaired) electrons. The fourth-order valence-electron chi connectivity index (χ4n) is 1.79. The van der Waals surface area contributed by atoms with E-state index in [2.05, 4.69) is 16.7 Å². The molecule has 0 unspecified atom stereocenters. The zero-order valence-electron chi connectivity index (χ0n) is 10.9. The number of phenols is 1. The molecule has 0 saturated carbocycles. The van der Waals surface area contributed by atoms with E-state index in [4.69, 9.17) is 0 Å². The first-order chi connectivity index (χ1) is 8.67. The average Bonchev–Trinajstić information content (AvgIpc) is 2.34. The Bertz CT molecular complexity index is 387. The quantitative estimate of drug-likeness (QED) is 0.460. The molecule has 1 N–H and O–H groups in total. The zero-order valence-corrected chi connectivity index (χ0v) is 10.9. The fraction of sp³-hybridized carbons (Fsp3) is 0.500. The second-order valence-electron chi connectivity index (χ2n) is 4.22. The summed E-state index contributed by atoms with van der Waals surface area (Å²) < 4.78 is 0. The number of aryl methyl sites for hydroxylation is 1. The van der Waals surface area contributed by atoms with Crippen molar-refractivity contribution in [2.24, 2.45) is 0 Å². The molecule has 4 heteroatoms. The number of hydrogen-bond donors (Lipinski definition) is 1. The minimum absolute atomic E-state index is 0.0152. The highest BCUT2D eigenvalue weighted by atomic mass is 17.2. The number of benzene rings is 1. The first-order valence-corrected chi connectivity index (χ1v) is 6.21. The third kappa shape index (κ3) is 4.75. The van der Waals surface area contributed by atoms with E-state index in [1.54, 1.807) is 6.07 Å². The lowest BCUT2D eigenvalue weighted by Gasteiger charge is -2.07.